The van der Waals surface area contributed by atoms with E-state index in [0.29, 0.717) is 6.07 Å². The topological polar surface area (TPSA) is 68.9 Å². The van der Waals surface area contributed by atoms with Gasteiger partial charge in [0.15, 0.2) is 0 Å². The second-order valence-corrected chi connectivity index (χ2v) is 5.55. The predicted molar refractivity (Wildman–Crippen MR) is 83.9 cm³/mol. The van der Waals surface area contributed by atoms with Crippen LogP contribution in [0.2, 0.25) is 10.0 Å². The van der Waals surface area contributed by atoms with E-state index in [1.165, 1.54) is 12.1 Å². The number of benzene rings is 1. The van der Waals surface area contributed by atoms with Crippen LogP contribution in [0.25, 0.3) is 0 Å². The van der Waals surface area contributed by atoms with Crippen molar-refractivity contribution in [1.29, 1.82) is 5.26 Å². The lowest BCUT2D eigenvalue weighted by Gasteiger charge is -2.16. The second-order valence-electron chi connectivity index (χ2n) is 4.73. The number of nitrogens with one attached hydrogen (secondary N) is 1. The molecule has 126 valence electrons. The van der Waals surface area contributed by atoms with Crippen LogP contribution in [0.15, 0.2) is 30.3 Å². The van der Waals surface area contributed by atoms with Crippen LogP contribution < -0.4 is 5.32 Å². The van der Waals surface area contributed by atoms with Crippen LogP contribution in [0.5, 0.6) is 0 Å². The van der Waals surface area contributed by atoms with Crippen molar-refractivity contribution < 1.29 is 18.3 Å². The number of halogens is 5. The third kappa shape index (κ3) is 4.09. The molecule has 1 atom stereocenters. The number of rotatable bonds is 4. The van der Waals surface area contributed by atoms with E-state index in [1.54, 1.807) is 12.1 Å². The Morgan fingerprint density at radius 3 is 2.38 bits per heavy atom. The third-order valence-electron chi connectivity index (χ3n) is 3.10. The Balaban J connectivity index is 2.24. The van der Waals surface area contributed by atoms with E-state index in [1.807, 2.05) is 0 Å². The maximum absolute atomic E-state index is 12.7. The monoisotopic (exact) mass is 375 g/mol. The fourth-order valence-electron chi connectivity index (χ4n) is 1.97. The van der Waals surface area contributed by atoms with Crippen molar-refractivity contribution in [3.05, 3.63) is 57.2 Å². The minimum Gasteiger partial charge on any atom is -0.386 e. The van der Waals surface area contributed by atoms with Gasteiger partial charge in [0, 0.05) is 22.2 Å². The molecule has 1 aromatic heterocycles. The first-order valence-corrected chi connectivity index (χ1v) is 7.34. The summed E-state index contributed by atoms with van der Waals surface area (Å²) in [5, 5.41) is 22.1. The SMILES string of the molecule is N#Cc1ccc(C(F)(F)F)nc1NCC(O)c1c(Cl)cccc1Cl. The van der Waals surface area contributed by atoms with Gasteiger partial charge in [-0.05, 0) is 24.3 Å². The van der Waals surface area contributed by atoms with Gasteiger partial charge in [-0.3, -0.25) is 0 Å². The van der Waals surface area contributed by atoms with Crippen molar-refractivity contribution in [2.24, 2.45) is 0 Å². The molecule has 0 saturated heterocycles. The fraction of sp³-hybridized carbons (Fsp3) is 0.200. The molecule has 0 fully saturated rings. The molecule has 0 spiro atoms. The van der Waals surface area contributed by atoms with Gasteiger partial charge < -0.3 is 10.4 Å². The van der Waals surface area contributed by atoms with Crippen LogP contribution in [0.4, 0.5) is 19.0 Å². The summed E-state index contributed by atoms with van der Waals surface area (Å²) in [6.07, 6.45) is -5.84. The molecule has 24 heavy (non-hydrogen) atoms. The van der Waals surface area contributed by atoms with Gasteiger partial charge in [-0.25, -0.2) is 4.98 Å². The second kappa shape index (κ2) is 7.26. The molecular weight excluding hydrogens is 366 g/mol. The van der Waals surface area contributed by atoms with Gasteiger partial charge in [-0.15, -0.1) is 0 Å². The highest BCUT2D eigenvalue weighted by atomic mass is 35.5. The number of nitrogens with zero attached hydrogens (tertiary/aromatic N) is 2. The highest BCUT2D eigenvalue weighted by Crippen LogP contribution is 2.32. The van der Waals surface area contributed by atoms with Gasteiger partial charge in [0.05, 0.1) is 11.7 Å². The zero-order valence-electron chi connectivity index (χ0n) is 11.9. The van der Waals surface area contributed by atoms with Crippen molar-refractivity contribution in [1.82, 2.24) is 4.98 Å². The third-order valence-corrected chi connectivity index (χ3v) is 3.76. The van der Waals surface area contributed by atoms with E-state index < -0.39 is 18.0 Å². The van der Waals surface area contributed by atoms with Crippen molar-refractivity contribution >= 4 is 29.0 Å². The van der Waals surface area contributed by atoms with E-state index >= 15 is 0 Å². The number of hydrogen-bond acceptors (Lipinski definition) is 4. The number of aromatic nitrogens is 1. The fourth-order valence-corrected chi connectivity index (χ4v) is 2.62. The number of pyridine rings is 1. The van der Waals surface area contributed by atoms with Crippen LogP contribution in [0.3, 0.4) is 0 Å². The Morgan fingerprint density at radius 1 is 1.21 bits per heavy atom. The average Bonchev–Trinajstić information content (AvgIpc) is 2.51. The normalized spacial score (nSPS) is 12.5. The van der Waals surface area contributed by atoms with Gasteiger partial charge in [-0.1, -0.05) is 29.3 Å². The van der Waals surface area contributed by atoms with Crippen LogP contribution >= 0.6 is 23.2 Å². The Labute approximate surface area is 145 Å². The Bertz CT molecular complexity index is 770. The van der Waals surface area contributed by atoms with Gasteiger partial charge in [-0.2, -0.15) is 18.4 Å². The summed E-state index contributed by atoms with van der Waals surface area (Å²) in [5.74, 6) is -0.283. The lowest BCUT2D eigenvalue weighted by molar-refractivity contribution is -0.141. The summed E-state index contributed by atoms with van der Waals surface area (Å²) in [7, 11) is 0. The molecular formula is C15H10Cl2F3N3O. The summed E-state index contributed by atoms with van der Waals surface area (Å²) >= 11 is 11.9. The molecule has 0 amide bonds. The zero-order valence-corrected chi connectivity index (χ0v) is 13.4. The summed E-state index contributed by atoms with van der Waals surface area (Å²) in [5.41, 5.74) is -0.992. The van der Waals surface area contributed by atoms with E-state index in [4.69, 9.17) is 28.5 Å². The van der Waals surface area contributed by atoms with E-state index in [2.05, 4.69) is 10.3 Å². The lowest BCUT2D eigenvalue weighted by Crippen LogP contribution is -2.16. The van der Waals surface area contributed by atoms with E-state index in [9.17, 15) is 18.3 Å². The molecule has 2 N–H and O–H groups in total. The summed E-state index contributed by atoms with van der Waals surface area (Å²) < 4.78 is 38.1. The van der Waals surface area contributed by atoms with Gasteiger partial charge in [0.25, 0.3) is 0 Å². The minimum atomic E-state index is -4.64. The van der Waals surface area contributed by atoms with Crippen LogP contribution in [-0.2, 0) is 6.18 Å². The van der Waals surface area contributed by atoms with Crippen LogP contribution in [0.1, 0.15) is 22.9 Å². The number of hydrogen-bond donors (Lipinski definition) is 2. The maximum Gasteiger partial charge on any atom is 0.433 e. The molecule has 1 unspecified atom stereocenters. The first-order chi connectivity index (χ1) is 11.2. The molecule has 0 aliphatic heterocycles. The van der Waals surface area contributed by atoms with Crippen molar-refractivity contribution in [3.63, 3.8) is 0 Å². The molecule has 4 nitrogen and oxygen atoms in total. The molecule has 0 saturated carbocycles. The molecule has 2 rings (SSSR count). The molecule has 9 heteroatoms. The summed E-state index contributed by atoms with van der Waals surface area (Å²) in [6, 6.07) is 8.09. The molecule has 0 aliphatic carbocycles. The van der Waals surface area contributed by atoms with E-state index in [-0.39, 0.29) is 33.5 Å². The standard InChI is InChI=1S/C15H10Cl2F3N3O/c16-9-2-1-3-10(17)13(9)11(24)7-22-14-8(6-21)4-5-12(23-14)15(18,19)20/h1-5,11,24H,7H2,(H,22,23). The van der Waals surface area contributed by atoms with Crippen molar-refractivity contribution in [2.75, 3.05) is 11.9 Å². The molecule has 0 radical (unpaired) electrons. The van der Waals surface area contributed by atoms with E-state index in [0.717, 1.165) is 6.07 Å². The number of alkyl halides is 3. The maximum atomic E-state index is 12.7. The first-order valence-electron chi connectivity index (χ1n) is 6.58. The first kappa shape index (κ1) is 18.3. The zero-order chi connectivity index (χ0) is 17.9. The smallest absolute Gasteiger partial charge is 0.386 e. The molecule has 1 aromatic carbocycles. The summed E-state index contributed by atoms with van der Waals surface area (Å²) in [6.45, 7) is -0.230. The van der Waals surface area contributed by atoms with Gasteiger partial charge in [0.2, 0.25) is 0 Å². The largest absolute Gasteiger partial charge is 0.433 e. The van der Waals surface area contributed by atoms with Gasteiger partial charge >= 0.3 is 6.18 Å². The minimum absolute atomic E-state index is 0.0829. The highest BCUT2D eigenvalue weighted by Gasteiger charge is 2.33. The molecule has 0 aliphatic rings. The molecule has 2 aromatic rings. The van der Waals surface area contributed by atoms with Gasteiger partial charge in [0.1, 0.15) is 17.6 Å². The Hall–Kier alpha value is -2.01. The quantitative estimate of drug-likeness (QED) is 0.829. The Kier molecular flexibility index (Phi) is 5.54. The van der Waals surface area contributed by atoms with Crippen LogP contribution in [0, 0.1) is 11.3 Å². The van der Waals surface area contributed by atoms with Crippen molar-refractivity contribution in [2.45, 2.75) is 12.3 Å². The van der Waals surface area contributed by atoms with Crippen LogP contribution in [-0.4, -0.2) is 16.6 Å². The number of anilines is 1. The average molecular weight is 376 g/mol. The molecule has 1 heterocycles. The summed E-state index contributed by atoms with van der Waals surface area (Å²) in [4.78, 5) is 3.39. The number of aliphatic hydroxyl groups excluding tert-OH is 1. The molecule has 0 bridgehead atoms. The highest BCUT2D eigenvalue weighted by molar-refractivity contribution is 6.36. The number of nitriles is 1. The van der Waals surface area contributed by atoms with Crippen molar-refractivity contribution in [3.8, 4) is 6.07 Å². The Morgan fingerprint density at radius 2 is 1.83 bits per heavy atom. The number of aliphatic hydroxyl groups is 1. The lowest BCUT2D eigenvalue weighted by atomic mass is 10.1. The predicted octanol–water partition coefficient (Wildman–Crippen LogP) is 4.42.